The number of benzene rings is 3. The second kappa shape index (κ2) is 11.2. The number of amides is 1. The SMILES string of the molecule is Cc1nn(-c2ccccc2)cc1/C=N/NC(=O)Cn1nc(-c2ccccc2)c(-c2ccccc2)c(C#N)c1=O. The average Bonchev–Trinajstić information content (AvgIpc) is 3.35. The number of carbonyl (C=O) groups is 1. The summed E-state index contributed by atoms with van der Waals surface area (Å²) in [6.45, 7) is 1.43. The van der Waals surface area contributed by atoms with Crippen LogP contribution in [0.3, 0.4) is 0 Å². The molecule has 0 bridgehead atoms. The average molecular weight is 514 g/mol. The number of nitrogens with one attached hydrogen (secondary N) is 1. The molecule has 0 fully saturated rings. The summed E-state index contributed by atoms with van der Waals surface area (Å²) in [6, 6.07) is 30.0. The Kier molecular flexibility index (Phi) is 7.19. The van der Waals surface area contributed by atoms with E-state index in [9.17, 15) is 14.9 Å². The third kappa shape index (κ3) is 5.40. The van der Waals surface area contributed by atoms with Gasteiger partial charge in [-0.05, 0) is 24.6 Å². The number of hydrogen-bond donors (Lipinski definition) is 1. The van der Waals surface area contributed by atoms with E-state index in [1.54, 1.807) is 10.9 Å². The van der Waals surface area contributed by atoms with E-state index >= 15 is 0 Å². The molecule has 0 aliphatic rings. The third-order valence-electron chi connectivity index (χ3n) is 6.02. The fourth-order valence-electron chi connectivity index (χ4n) is 4.12. The van der Waals surface area contributed by atoms with Gasteiger partial charge in [0.25, 0.3) is 11.5 Å². The van der Waals surface area contributed by atoms with Gasteiger partial charge in [-0.25, -0.2) is 14.8 Å². The zero-order chi connectivity index (χ0) is 27.2. The predicted molar refractivity (Wildman–Crippen MR) is 148 cm³/mol. The van der Waals surface area contributed by atoms with E-state index in [0.29, 0.717) is 22.4 Å². The van der Waals surface area contributed by atoms with Crippen LogP contribution < -0.4 is 11.0 Å². The van der Waals surface area contributed by atoms with Gasteiger partial charge < -0.3 is 0 Å². The van der Waals surface area contributed by atoms with Gasteiger partial charge in [-0.1, -0.05) is 78.9 Å². The van der Waals surface area contributed by atoms with Crippen LogP contribution in [0.25, 0.3) is 28.1 Å². The van der Waals surface area contributed by atoms with Crippen molar-refractivity contribution in [3.05, 3.63) is 124 Å². The molecule has 5 rings (SSSR count). The zero-order valence-corrected chi connectivity index (χ0v) is 21.0. The maximum absolute atomic E-state index is 13.2. The van der Waals surface area contributed by atoms with Crippen molar-refractivity contribution in [1.29, 1.82) is 5.26 Å². The zero-order valence-electron chi connectivity index (χ0n) is 21.0. The number of rotatable bonds is 7. The van der Waals surface area contributed by atoms with Crippen molar-refractivity contribution in [1.82, 2.24) is 25.0 Å². The summed E-state index contributed by atoms with van der Waals surface area (Å²) in [7, 11) is 0. The predicted octanol–water partition coefficient (Wildman–Crippen LogP) is 4.09. The van der Waals surface area contributed by atoms with Gasteiger partial charge >= 0.3 is 0 Å². The summed E-state index contributed by atoms with van der Waals surface area (Å²) in [5, 5.41) is 23.0. The second-order valence-electron chi connectivity index (χ2n) is 8.65. The summed E-state index contributed by atoms with van der Waals surface area (Å²) in [5.41, 5.74) is 6.30. The van der Waals surface area contributed by atoms with Crippen LogP contribution in [0.1, 0.15) is 16.8 Å². The van der Waals surface area contributed by atoms with E-state index in [-0.39, 0.29) is 5.56 Å². The highest BCUT2D eigenvalue weighted by molar-refractivity contribution is 5.85. The molecule has 3 aromatic carbocycles. The smallest absolute Gasteiger partial charge is 0.271 e. The Morgan fingerprint density at radius 1 is 0.949 bits per heavy atom. The summed E-state index contributed by atoms with van der Waals surface area (Å²) in [4.78, 5) is 26.0. The molecule has 2 heterocycles. The monoisotopic (exact) mass is 513 g/mol. The van der Waals surface area contributed by atoms with E-state index in [2.05, 4.69) is 20.7 Å². The molecule has 1 N–H and O–H groups in total. The number of para-hydroxylation sites is 1. The summed E-state index contributed by atoms with van der Waals surface area (Å²) >= 11 is 0. The van der Waals surface area contributed by atoms with Crippen LogP contribution in [0.5, 0.6) is 0 Å². The number of nitriles is 1. The van der Waals surface area contributed by atoms with Crippen LogP contribution in [0.4, 0.5) is 0 Å². The van der Waals surface area contributed by atoms with Crippen LogP contribution in [0.15, 0.2) is 107 Å². The molecule has 0 radical (unpaired) electrons. The van der Waals surface area contributed by atoms with Crippen molar-refractivity contribution in [2.45, 2.75) is 13.5 Å². The Hall–Kier alpha value is -5.62. The molecule has 0 spiro atoms. The van der Waals surface area contributed by atoms with Crippen molar-refractivity contribution in [3.8, 4) is 34.1 Å². The summed E-state index contributed by atoms with van der Waals surface area (Å²) in [6.07, 6.45) is 3.30. The van der Waals surface area contributed by atoms with E-state index in [0.717, 1.165) is 21.6 Å². The van der Waals surface area contributed by atoms with Crippen LogP contribution in [-0.2, 0) is 11.3 Å². The minimum absolute atomic E-state index is 0.0877. The van der Waals surface area contributed by atoms with E-state index in [1.807, 2.05) is 104 Å². The number of nitrogens with zero attached hydrogens (tertiary/aromatic N) is 6. The lowest BCUT2D eigenvalue weighted by Crippen LogP contribution is -2.33. The molecular weight excluding hydrogens is 490 g/mol. The molecule has 39 heavy (non-hydrogen) atoms. The molecule has 0 saturated heterocycles. The van der Waals surface area contributed by atoms with Gasteiger partial charge in [0.05, 0.1) is 17.6 Å². The first kappa shape index (κ1) is 25.0. The Morgan fingerprint density at radius 2 is 1.56 bits per heavy atom. The van der Waals surface area contributed by atoms with Gasteiger partial charge in [0.15, 0.2) is 0 Å². The van der Waals surface area contributed by atoms with Crippen LogP contribution in [0, 0.1) is 18.3 Å². The lowest BCUT2D eigenvalue weighted by Gasteiger charge is -2.14. The first-order valence-electron chi connectivity index (χ1n) is 12.1. The first-order valence-corrected chi connectivity index (χ1v) is 12.1. The third-order valence-corrected chi connectivity index (χ3v) is 6.02. The molecule has 0 unspecified atom stereocenters. The van der Waals surface area contributed by atoms with Crippen molar-refractivity contribution < 1.29 is 4.79 Å². The maximum Gasteiger partial charge on any atom is 0.285 e. The molecule has 5 aromatic rings. The highest BCUT2D eigenvalue weighted by atomic mass is 16.2. The Balaban J connectivity index is 1.42. The van der Waals surface area contributed by atoms with Gasteiger partial charge in [-0.15, -0.1) is 0 Å². The lowest BCUT2D eigenvalue weighted by atomic mass is 9.96. The highest BCUT2D eigenvalue weighted by Crippen LogP contribution is 2.31. The Bertz CT molecular complexity index is 1750. The number of aromatic nitrogens is 4. The van der Waals surface area contributed by atoms with Crippen LogP contribution >= 0.6 is 0 Å². The van der Waals surface area contributed by atoms with E-state index in [1.165, 1.54) is 6.21 Å². The molecule has 0 aliphatic heterocycles. The van der Waals surface area contributed by atoms with Gasteiger partial charge in [-0.3, -0.25) is 9.59 Å². The number of aryl methyl sites for hydroxylation is 1. The fourth-order valence-corrected chi connectivity index (χ4v) is 4.12. The van der Waals surface area contributed by atoms with Gasteiger partial charge in [-0.2, -0.15) is 20.6 Å². The highest BCUT2D eigenvalue weighted by Gasteiger charge is 2.21. The fraction of sp³-hybridized carbons (Fsp3) is 0.0667. The van der Waals surface area contributed by atoms with E-state index in [4.69, 9.17) is 0 Å². The molecule has 9 nitrogen and oxygen atoms in total. The molecular formula is C30H23N7O2. The number of hydrogen-bond acceptors (Lipinski definition) is 6. The minimum atomic E-state index is -0.657. The quantitative estimate of drug-likeness (QED) is 0.260. The summed E-state index contributed by atoms with van der Waals surface area (Å²) < 4.78 is 2.72. The lowest BCUT2D eigenvalue weighted by molar-refractivity contribution is -0.121. The minimum Gasteiger partial charge on any atom is -0.271 e. The van der Waals surface area contributed by atoms with Crippen LogP contribution in [-0.4, -0.2) is 31.7 Å². The second-order valence-corrected chi connectivity index (χ2v) is 8.65. The van der Waals surface area contributed by atoms with Crippen molar-refractivity contribution in [2.24, 2.45) is 5.10 Å². The molecule has 0 atom stereocenters. The molecule has 2 aromatic heterocycles. The molecule has 1 amide bonds. The van der Waals surface area contributed by atoms with E-state index < -0.39 is 18.0 Å². The molecule has 0 aliphatic carbocycles. The van der Waals surface area contributed by atoms with Gasteiger partial charge in [0, 0.05) is 22.9 Å². The largest absolute Gasteiger partial charge is 0.285 e. The maximum atomic E-state index is 13.2. The van der Waals surface area contributed by atoms with Crippen LogP contribution in [0.2, 0.25) is 0 Å². The Labute approximate surface area is 224 Å². The first-order chi connectivity index (χ1) is 19.0. The van der Waals surface area contributed by atoms with Gasteiger partial charge in [0.1, 0.15) is 23.9 Å². The van der Waals surface area contributed by atoms with Crippen molar-refractivity contribution in [2.75, 3.05) is 0 Å². The summed E-state index contributed by atoms with van der Waals surface area (Å²) in [5.74, 6) is -0.565. The van der Waals surface area contributed by atoms with Gasteiger partial charge in [0.2, 0.25) is 0 Å². The van der Waals surface area contributed by atoms with Crippen molar-refractivity contribution >= 4 is 12.1 Å². The Morgan fingerprint density at radius 3 is 2.21 bits per heavy atom. The molecule has 0 saturated carbocycles. The molecule has 190 valence electrons. The molecule has 9 heteroatoms. The number of hydrazone groups is 1. The normalized spacial score (nSPS) is 10.9. The number of carbonyl (C=O) groups excluding carboxylic acids is 1. The van der Waals surface area contributed by atoms with Crippen molar-refractivity contribution in [3.63, 3.8) is 0 Å². The topological polar surface area (TPSA) is 118 Å². The standard InChI is InChI=1S/C30H23N7O2/c1-21-24(19-36(34-21)25-15-9-4-10-16-25)18-32-33-27(38)20-37-30(39)26(17-31)28(22-11-5-2-6-12-22)29(35-37)23-13-7-3-8-14-23/h2-16,18-19H,20H2,1H3,(H,33,38)/b32-18+.